The number of nitrogens with one attached hydrogen (secondary N) is 1. The average molecular weight is 124 g/mol. The zero-order chi connectivity index (χ0) is 6.69. The van der Waals surface area contributed by atoms with Gasteiger partial charge in [0, 0.05) is 18.4 Å². The van der Waals surface area contributed by atoms with Crippen LogP contribution in [0.2, 0.25) is 0 Å². The molecule has 0 aliphatic heterocycles. The maximum absolute atomic E-state index is 5.44. The topological polar surface area (TPSA) is 41.8 Å². The van der Waals surface area contributed by atoms with Gasteiger partial charge in [-0.05, 0) is 18.1 Å². The molecule has 0 aliphatic carbocycles. The Morgan fingerprint density at radius 3 is 2.89 bits per heavy atom. The van der Waals surface area contributed by atoms with Gasteiger partial charge in [-0.2, -0.15) is 0 Å². The summed E-state index contributed by atoms with van der Waals surface area (Å²) < 4.78 is 0. The summed E-state index contributed by atoms with van der Waals surface area (Å²) in [4.78, 5) is 3.08. The lowest BCUT2D eigenvalue weighted by molar-refractivity contribution is 0.967. The molecule has 0 unspecified atom stereocenters. The summed E-state index contributed by atoms with van der Waals surface area (Å²) in [6.07, 6.45) is 3.00. The Labute approximate surface area is 55.1 Å². The highest BCUT2D eigenvalue weighted by Crippen LogP contribution is 2.04. The third-order valence-corrected chi connectivity index (χ3v) is 1.51. The fraction of sp³-hybridized carbons (Fsp3) is 0.429. The second kappa shape index (κ2) is 2.69. The Morgan fingerprint density at radius 1 is 1.67 bits per heavy atom. The number of aromatic amines is 1. The van der Waals surface area contributed by atoms with Gasteiger partial charge in [-0.1, -0.05) is 6.92 Å². The van der Waals surface area contributed by atoms with E-state index in [-0.39, 0.29) is 0 Å². The Balaban J connectivity index is 2.85. The van der Waals surface area contributed by atoms with Crippen LogP contribution in [0, 0.1) is 0 Å². The van der Waals surface area contributed by atoms with E-state index in [9.17, 15) is 0 Å². The number of aryl methyl sites for hydroxylation is 1. The molecule has 2 nitrogen and oxygen atoms in total. The highest BCUT2D eigenvalue weighted by molar-refractivity contribution is 5.19. The largest absolute Gasteiger partial charge is 0.364 e. The van der Waals surface area contributed by atoms with Crippen LogP contribution < -0.4 is 5.73 Å². The molecule has 50 valence electrons. The predicted octanol–water partition coefficient (Wildman–Crippen LogP) is 1.04. The molecule has 0 saturated carbocycles. The summed E-state index contributed by atoms with van der Waals surface area (Å²) in [6, 6.07) is 2.07. The molecule has 0 spiro atoms. The number of hydrogen-bond donors (Lipinski definition) is 2. The molecule has 0 radical (unpaired) electrons. The summed E-state index contributed by atoms with van der Waals surface area (Å²) in [7, 11) is 0. The average Bonchev–Trinajstić information content (AvgIpc) is 2.33. The van der Waals surface area contributed by atoms with Crippen molar-refractivity contribution in [2.45, 2.75) is 19.9 Å². The molecule has 0 bridgehead atoms. The van der Waals surface area contributed by atoms with E-state index in [1.54, 1.807) is 0 Å². The fourth-order valence-electron chi connectivity index (χ4n) is 0.957. The third kappa shape index (κ3) is 1.13. The second-order valence-electron chi connectivity index (χ2n) is 2.04. The third-order valence-electron chi connectivity index (χ3n) is 1.51. The van der Waals surface area contributed by atoms with Crippen molar-refractivity contribution in [2.24, 2.45) is 5.73 Å². The SMILES string of the molecule is CCc1cc[nH]c1CN. The maximum Gasteiger partial charge on any atom is 0.0334 e. The molecule has 0 aliphatic rings. The molecule has 2 heteroatoms. The highest BCUT2D eigenvalue weighted by Gasteiger charge is 1.96. The highest BCUT2D eigenvalue weighted by atomic mass is 14.7. The van der Waals surface area contributed by atoms with Crippen molar-refractivity contribution in [3.05, 3.63) is 23.5 Å². The van der Waals surface area contributed by atoms with Gasteiger partial charge in [0.2, 0.25) is 0 Å². The van der Waals surface area contributed by atoms with Gasteiger partial charge in [-0.15, -0.1) is 0 Å². The maximum atomic E-state index is 5.44. The molecule has 0 saturated heterocycles. The lowest BCUT2D eigenvalue weighted by atomic mass is 10.2. The molecule has 1 aromatic heterocycles. The van der Waals surface area contributed by atoms with Crippen molar-refractivity contribution in [1.82, 2.24) is 4.98 Å². The number of aromatic nitrogens is 1. The first-order valence-electron chi connectivity index (χ1n) is 3.23. The first-order valence-corrected chi connectivity index (χ1v) is 3.23. The van der Waals surface area contributed by atoms with Gasteiger partial charge in [0.25, 0.3) is 0 Å². The molecule has 1 heterocycles. The molecule has 0 atom stereocenters. The van der Waals surface area contributed by atoms with Crippen molar-refractivity contribution in [1.29, 1.82) is 0 Å². The Kier molecular flexibility index (Phi) is 1.90. The lowest BCUT2D eigenvalue weighted by Crippen LogP contribution is -1.99. The van der Waals surface area contributed by atoms with Crippen LogP contribution in [0.15, 0.2) is 12.3 Å². The van der Waals surface area contributed by atoms with Crippen LogP contribution in [0.4, 0.5) is 0 Å². The predicted molar refractivity (Wildman–Crippen MR) is 38.1 cm³/mol. The summed E-state index contributed by atoms with van der Waals surface area (Å²) >= 11 is 0. The van der Waals surface area contributed by atoms with Crippen molar-refractivity contribution in [2.75, 3.05) is 0 Å². The molecule has 1 aromatic rings. The van der Waals surface area contributed by atoms with E-state index in [1.807, 2.05) is 6.20 Å². The fourth-order valence-corrected chi connectivity index (χ4v) is 0.957. The minimum Gasteiger partial charge on any atom is -0.364 e. The molecular weight excluding hydrogens is 112 g/mol. The van der Waals surface area contributed by atoms with Crippen LogP contribution >= 0.6 is 0 Å². The summed E-state index contributed by atoms with van der Waals surface area (Å²) in [5.41, 5.74) is 7.93. The smallest absolute Gasteiger partial charge is 0.0334 e. The standard InChI is InChI=1S/C7H12N2/c1-2-6-3-4-9-7(6)5-8/h3-4,9H,2,5,8H2,1H3. The summed E-state index contributed by atoms with van der Waals surface area (Å²) in [5.74, 6) is 0. The quantitative estimate of drug-likeness (QED) is 0.607. The van der Waals surface area contributed by atoms with Gasteiger partial charge in [0.1, 0.15) is 0 Å². The molecular formula is C7H12N2. The molecule has 0 fully saturated rings. The van der Waals surface area contributed by atoms with Crippen LogP contribution in [0.5, 0.6) is 0 Å². The zero-order valence-corrected chi connectivity index (χ0v) is 5.65. The Bertz CT molecular complexity index is 160. The first-order chi connectivity index (χ1) is 4.38. The van der Waals surface area contributed by atoms with Gasteiger partial charge in [0.15, 0.2) is 0 Å². The summed E-state index contributed by atoms with van der Waals surface area (Å²) in [5, 5.41) is 0. The number of H-pyrrole nitrogens is 1. The van der Waals surface area contributed by atoms with Gasteiger partial charge >= 0.3 is 0 Å². The molecule has 9 heavy (non-hydrogen) atoms. The van der Waals surface area contributed by atoms with Crippen LogP contribution in [0.3, 0.4) is 0 Å². The van der Waals surface area contributed by atoms with Crippen molar-refractivity contribution in [3.8, 4) is 0 Å². The molecule has 1 rings (SSSR count). The number of hydrogen-bond acceptors (Lipinski definition) is 1. The molecule has 0 amide bonds. The van der Waals surface area contributed by atoms with E-state index >= 15 is 0 Å². The van der Waals surface area contributed by atoms with Crippen LogP contribution in [-0.2, 0) is 13.0 Å². The van der Waals surface area contributed by atoms with Crippen molar-refractivity contribution < 1.29 is 0 Å². The van der Waals surface area contributed by atoms with E-state index in [2.05, 4.69) is 18.0 Å². The van der Waals surface area contributed by atoms with E-state index in [0.717, 1.165) is 12.1 Å². The minimum atomic E-state index is 0.621. The molecule has 3 N–H and O–H groups in total. The van der Waals surface area contributed by atoms with E-state index in [1.165, 1.54) is 5.56 Å². The van der Waals surface area contributed by atoms with Gasteiger partial charge in [-0.25, -0.2) is 0 Å². The molecule has 0 aromatic carbocycles. The van der Waals surface area contributed by atoms with Crippen molar-refractivity contribution >= 4 is 0 Å². The van der Waals surface area contributed by atoms with Crippen LogP contribution in [-0.4, -0.2) is 4.98 Å². The first kappa shape index (κ1) is 6.36. The Morgan fingerprint density at radius 2 is 2.44 bits per heavy atom. The minimum absolute atomic E-state index is 0.621. The summed E-state index contributed by atoms with van der Waals surface area (Å²) in [6.45, 7) is 2.75. The van der Waals surface area contributed by atoms with Gasteiger partial charge < -0.3 is 10.7 Å². The normalized spacial score (nSPS) is 10.0. The number of rotatable bonds is 2. The Hall–Kier alpha value is -0.760. The second-order valence-corrected chi connectivity index (χ2v) is 2.04. The zero-order valence-electron chi connectivity index (χ0n) is 5.65. The van der Waals surface area contributed by atoms with Gasteiger partial charge in [0.05, 0.1) is 0 Å². The van der Waals surface area contributed by atoms with E-state index in [0.29, 0.717) is 6.54 Å². The van der Waals surface area contributed by atoms with Crippen LogP contribution in [0.1, 0.15) is 18.2 Å². The van der Waals surface area contributed by atoms with Gasteiger partial charge in [-0.3, -0.25) is 0 Å². The van der Waals surface area contributed by atoms with Crippen LogP contribution in [0.25, 0.3) is 0 Å². The monoisotopic (exact) mass is 124 g/mol. The lowest BCUT2D eigenvalue weighted by Gasteiger charge is -1.94. The van der Waals surface area contributed by atoms with E-state index < -0.39 is 0 Å². The van der Waals surface area contributed by atoms with E-state index in [4.69, 9.17) is 5.73 Å². The number of nitrogens with two attached hydrogens (primary N) is 1. The van der Waals surface area contributed by atoms with Crippen molar-refractivity contribution in [3.63, 3.8) is 0 Å².